The van der Waals surface area contributed by atoms with E-state index in [1.54, 1.807) is 0 Å². The quantitative estimate of drug-likeness (QED) is 0.573. The molecule has 0 aliphatic carbocycles. The van der Waals surface area contributed by atoms with Crippen molar-refractivity contribution in [3.63, 3.8) is 0 Å². The summed E-state index contributed by atoms with van der Waals surface area (Å²) in [6.07, 6.45) is 2.13. The van der Waals surface area contributed by atoms with Crippen LogP contribution in [0.2, 0.25) is 0 Å². The van der Waals surface area contributed by atoms with Gasteiger partial charge in [-0.2, -0.15) is 0 Å². The number of piperidine rings is 1. The summed E-state index contributed by atoms with van der Waals surface area (Å²) in [7, 11) is 0. The highest BCUT2D eigenvalue weighted by molar-refractivity contribution is 6.37. The van der Waals surface area contributed by atoms with Gasteiger partial charge in [0.1, 0.15) is 0 Å². The minimum absolute atomic E-state index is 0.0648. The Bertz CT molecular complexity index is 949. The van der Waals surface area contributed by atoms with Crippen molar-refractivity contribution in [3.05, 3.63) is 36.0 Å². The lowest BCUT2D eigenvalue weighted by Crippen LogP contribution is -2.48. The first kappa shape index (κ1) is 21.5. The predicted octanol–water partition coefficient (Wildman–Crippen LogP) is 2.13. The van der Waals surface area contributed by atoms with Crippen molar-refractivity contribution in [2.24, 2.45) is 11.8 Å². The van der Waals surface area contributed by atoms with Gasteiger partial charge in [-0.15, -0.1) is 0 Å². The zero-order valence-corrected chi connectivity index (χ0v) is 17.2. The molecule has 1 fully saturated rings. The van der Waals surface area contributed by atoms with Crippen molar-refractivity contribution < 1.29 is 23.9 Å². The predicted molar refractivity (Wildman–Crippen MR) is 111 cm³/mol. The second-order valence-corrected chi connectivity index (χ2v) is 7.89. The summed E-state index contributed by atoms with van der Waals surface area (Å²) in [6, 6.07) is 7.10. The number of fused-ring (bicyclic) bond motifs is 1. The molecule has 3 rings (SSSR count). The van der Waals surface area contributed by atoms with Gasteiger partial charge < -0.3 is 20.4 Å². The highest BCUT2D eigenvalue weighted by atomic mass is 16.5. The molecule has 0 bridgehead atoms. The molecule has 0 spiro atoms. The maximum Gasteiger partial charge on any atom is 0.407 e. The molecule has 30 heavy (non-hydrogen) atoms. The number of H-pyrrole nitrogens is 1. The van der Waals surface area contributed by atoms with Crippen LogP contribution in [-0.2, 0) is 25.5 Å². The fraction of sp³-hybridized carbons (Fsp3) is 0.455. The van der Waals surface area contributed by atoms with E-state index in [4.69, 9.17) is 4.74 Å². The number of aromatic amines is 1. The minimum atomic E-state index is -0.775. The molecule has 1 aliphatic rings. The first-order valence-corrected chi connectivity index (χ1v) is 10.2. The van der Waals surface area contributed by atoms with Gasteiger partial charge in [-0.25, -0.2) is 4.79 Å². The third-order valence-corrected chi connectivity index (χ3v) is 5.39. The van der Waals surface area contributed by atoms with Crippen LogP contribution in [0.3, 0.4) is 0 Å². The largest absolute Gasteiger partial charge is 0.449 e. The number of hydrogen-bond acceptors (Lipinski definition) is 5. The van der Waals surface area contributed by atoms with E-state index in [9.17, 15) is 19.2 Å². The number of aromatic nitrogens is 1. The van der Waals surface area contributed by atoms with Gasteiger partial charge in [0.25, 0.3) is 5.91 Å². The Morgan fingerprint density at radius 2 is 2.00 bits per heavy atom. The summed E-state index contributed by atoms with van der Waals surface area (Å²) in [5, 5.41) is 6.17. The summed E-state index contributed by atoms with van der Waals surface area (Å²) in [5.41, 5.74) is 2.07. The molecule has 2 amide bonds. The number of para-hydroxylation sites is 1. The van der Waals surface area contributed by atoms with E-state index in [2.05, 4.69) is 15.6 Å². The molecule has 2 unspecified atom stereocenters. The smallest absolute Gasteiger partial charge is 0.407 e. The number of nitrogens with one attached hydrogen (secondary N) is 3. The monoisotopic (exact) mass is 413 g/mol. The second kappa shape index (κ2) is 9.56. The van der Waals surface area contributed by atoms with Crippen LogP contribution in [0.1, 0.15) is 32.3 Å². The molecule has 2 heterocycles. The lowest BCUT2D eigenvalue weighted by molar-refractivity contribution is -0.143. The van der Waals surface area contributed by atoms with Crippen LogP contribution in [0, 0.1) is 11.8 Å². The normalized spacial score (nSPS) is 17.6. The van der Waals surface area contributed by atoms with E-state index >= 15 is 0 Å². The third kappa shape index (κ3) is 5.06. The van der Waals surface area contributed by atoms with Crippen LogP contribution in [-0.4, -0.2) is 47.7 Å². The first-order valence-electron chi connectivity index (χ1n) is 10.2. The number of benzene rings is 1. The molecule has 8 heteroatoms. The fourth-order valence-corrected chi connectivity index (χ4v) is 3.71. The molecule has 1 saturated heterocycles. The van der Waals surface area contributed by atoms with Crippen LogP contribution in [0.5, 0.6) is 0 Å². The van der Waals surface area contributed by atoms with Crippen LogP contribution < -0.4 is 10.6 Å². The molecular weight excluding hydrogens is 386 g/mol. The summed E-state index contributed by atoms with van der Waals surface area (Å²) >= 11 is 0. The van der Waals surface area contributed by atoms with Crippen molar-refractivity contribution in [2.45, 2.75) is 39.2 Å². The number of ketones is 2. The lowest BCUT2D eigenvalue weighted by atomic mass is 9.87. The van der Waals surface area contributed by atoms with Crippen molar-refractivity contribution in [3.8, 4) is 0 Å². The zero-order chi connectivity index (χ0) is 21.7. The molecular formula is C22H27N3O5. The van der Waals surface area contributed by atoms with Gasteiger partial charge in [0.2, 0.25) is 5.78 Å². The van der Waals surface area contributed by atoms with Gasteiger partial charge in [0.05, 0.1) is 12.6 Å². The van der Waals surface area contributed by atoms with Gasteiger partial charge in [-0.3, -0.25) is 14.4 Å². The lowest BCUT2D eigenvalue weighted by Gasteiger charge is -2.25. The van der Waals surface area contributed by atoms with Gasteiger partial charge >= 0.3 is 6.09 Å². The molecule has 1 aromatic carbocycles. The zero-order valence-electron chi connectivity index (χ0n) is 17.2. The maximum atomic E-state index is 12.7. The number of amides is 2. The van der Waals surface area contributed by atoms with E-state index in [1.807, 2.05) is 44.3 Å². The van der Waals surface area contributed by atoms with Gasteiger partial charge in [0.15, 0.2) is 5.78 Å². The standard InChI is InChI=1S/C22H27N3O5/c1-13(2)19(18(26)11-14-7-9-23-21(28)20(14)27)25-22(29)30-10-8-15-12-24-17-6-4-3-5-16(15)17/h3-6,12-14,19,24H,7-11H2,1-2H3,(H,23,28)(H,25,29). The first-order chi connectivity index (χ1) is 14.4. The maximum absolute atomic E-state index is 12.7. The minimum Gasteiger partial charge on any atom is -0.449 e. The Labute approximate surface area is 174 Å². The van der Waals surface area contributed by atoms with E-state index < -0.39 is 29.7 Å². The number of alkyl carbamates (subject to hydrolysis) is 1. The van der Waals surface area contributed by atoms with Crippen LogP contribution in [0.25, 0.3) is 10.9 Å². The molecule has 2 aromatic rings. The molecule has 0 radical (unpaired) electrons. The Hall–Kier alpha value is -3.16. The van der Waals surface area contributed by atoms with Crippen LogP contribution in [0.4, 0.5) is 4.79 Å². The summed E-state index contributed by atoms with van der Waals surface area (Å²) in [6.45, 7) is 4.17. The van der Waals surface area contributed by atoms with E-state index in [1.165, 1.54) is 0 Å². The van der Waals surface area contributed by atoms with Crippen molar-refractivity contribution >= 4 is 34.5 Å². The molecule has 160 valence electrons. The SMILES string of the molecule is CC(C)C(NC(=O)OCCc1c[nH]c2ccccc12)C(=O)CC1CCNC(=O)C1=O. The number of ether oxygens (including phenoxy) is 1. The average molecular weight is 413 g/mol. The van der Waals surface area contributed by atoms with Gasteiger partial charge in [-0.1, -0.05) is 32.0 Å². The molecule has 0 saturated carbocycles. The summed E-state index contributed by atoms with van der Waals surface area (Å²) in [4.78, 5) is 51.5. The highest BCUT2D eigenvalue weighted by Crippen LogP contribution is 2.19. The Morgan fingerprint density at radius 3 is 2.77 bits per heavy atom. The fourth-order valence-electron chi connectivity index (χ4n) is 3.71. The Morgan fingerprint density at radius 1 is 1.23 bits per heavy atom. The number of rotatable bonds is 8. The van der Waals surface area contributed by atoms with Crippen molar-refractivity contribution in [1.29, 1.82) is 0 Å². The number of carbonyl (C=O) groups excluding carboxylic acids is 4. The topological polar surface area (TPSA) is 117 Å². The van der Waals surface area contributed by atoms with E-state index in [-0.39, 0.29) is 24.7 Å². The Balaban J connectivity index is 1.51. The number of Topliss-reactive ketones (excluding diaryl/α,β-unsaturated/α-hetero) is 2. The molecule has 8 nitrogen and oxygen atoms in total. The molecule has 1 aliphatic heterocycles. The van der Waals surface area contributed by atoms with E-state index in [0.29, 0.717) is 19.4 Å². The number of hydrogen-bond donors (Lipinski definition) is 3. The second-order valence-electron chi connectivity index (χ2n) is 7.89. The summed E-state index contributed by atoms with van der Waals surface area (Å²) in [5.74, 6) is -2.30. The van der Waals surface area contributed by atoms with E-state index in [0.717, 1.165) is 16.5 Å². The van der Waals surface area contributed by atoms with Gasteiger partial charge in [-0.05, 0) is 24.0 Å². The summed E-state index contributed by atoms with van der Waals surface area (Å²) < 4.78 is 5.28. The average Bonchev–Trinajstić information content (AvgIpc) is 3.12. The third-order valence-electron chi connectivity index (χ3n) is 5.39. The molecule has 2 atom stereocenters. The van der Waals surface area contributed by atoms with Gasteiger partial charge in [0, 0.05) is 42.4 Å². The van der Waals surface area contributed by atoms with Crippen LogP contribution >= 0.6 is 0 Å². The highest BCUT2D eigenvalue weighted by Gasteiger charge is 2.34. The molecule has 3 N–H and O–H groups in total. The number of carbonyl (C=O) groups is 4. The Kier molecular flexibility index (Phi) is 6.87. The molecule has 1 aromatic heterocycles. The van der Waals surface area contributed by atoms with Crippen molar-refractivity contribution in [1.82, 2.24) is 15.6 Å². The van der Waals surface area contributed by atoms with Crippen molar-refractivity contribution in [2.75, 3.05) is 13.2 Å². The van der Waals surface area contributed by atoms with Crippen LogP contribution in [0.15, 0.2) is 30.5 Å².